The number of morpholine rings is 1. The first-order valence-electron chi connectivity index (χ1n) is 9.69. The quantitative estimate of drug-likeness (QED) is 0.763. The summed E-state index contributed by atoms with van der Waals surface area (Å²) in [6.45, 7) is 7.27. The van der Waals surface area contributed by atoms with E-state index in [9.17, 15) is 9.18 Å². The molecule has 0 aliphatic carbocycles. The first-order valence-corrected chi connectivity index (χ1v) is 10.6. The lowest BCUT2D eigenvalue weighted by Gasteiger charge is -2.34. The molecule has 1 amide bonds. The minimum Gasteiger partial charge on any atom is -0.379 e. The second kappa shape index (κ2) is 8.98. The number of hydrogen-bond donors (Lipinski definition) is 0. The SMILES string of the molecule is O=C(Cc1cccc(F)c1)N1CCN(c2nc(CN3CCOCC3)cs2)CC1. The van der Waals surface area contributed by atoms with Gasteiger partial charge in [-0.2, -0.15) is 0 Å². The fourth-order valence-electron chi connectivity index (χ4n) is 3.58. The van der Waals surface area contributed by atoms with Crippen molar-refractivity contribution in [1.29, 1.82) is 0 Å². The van der Waals surface area contributed by atoms with Crippen molar-refractivity contribution < 1.29 is 13.9 Å². The minimum atomic E-state index is -0.299. The number of nitrogens with zero attached hydrogens (tertiary/aromatic N) is 4. The highest BCUT2D eigenvalue weighted by atomic mass is 32.1. The Morgan fingerprint density at radius 2 is 1.93 bits per heavy atom. The molecule has 0 spiro atoms. The van der Waals surface area contributed by atoms with Crippen LogP contribution in [0.2, 0.25) is 0 Å². The van der Waals surface area contributed by atoms with Crippen molar-refractivity contribution in [2.24, 2.45) is 0 Å². The van der Waals surface area contributed by atoms with Gasteiger partial charge in [-0.1, -0.05) is 12.1 Å². The maximum Gasteiger partial charge on any atom is 0.227 e. The molecular weight excluding hydrogens is 379 g/mol. The third-order valence-corrected chi connectivity index (χ3v) is 6.13. The van der Waals surface area contributed by atoms with Crippen LogP contribution in [-0.4, -0.2) is 73.2 Å². The summed E-state index contributed by atoms with van der Waals surface area (Å²) in [6.07, 6.45) is 0.249. The van der Waals surface area contributed by atoms with E-state index < -0.39 is 0 Å². The Bertz CT molecular complexity index is 801. The molecule has 0 atom stereocenters. The second-order valence-corrected chi connectivity index (χ2v) is 8.02. The maximum absolute atomic E-state index is 13.3. The van der Waals surface area contributed by atoms with Crippen LogP contribution in [0.4, 0.5) is 9.52 Å². The number of carbonyl (C=O) groups is 1. The molecule has 0 radical (unpaired) electrons. The molecule has 4 rings (SSSR count). The number of ether oxygens (including phenoxy) is 1. The summed E-state index contributed by atoms with van der Waals surface area (Å²) in [5.41, 5.74) is 1.83. The molecule has 28 heavy (non-hydrogen) atoms. The Hall–Kier alpha value is -2.03. The van der Waals surface area contributed by atoms with Crippen molar-refractivity contribution >= 4 is 22.4 Å². The average molecular weight is 405 g/mol. The summed E-state index contributed by atoms with van der Waals surface area (Å²) in [6, 6.07) is 6.27. The molecule has 150 valence electrons. The van der Waals surface area contributed by atoms with Crippen LogP contribution in [0.1, 0.15) is 11.3 Å². The van der Waals surface area contributed by atoms with Crippen molar-refractivity contribution in [3.05, 3.63) is 46.7 Å². The Morgan fingerprint density at radius 3 is 2.68 bits per heavy atom. The summed E-state index contributed by atoms with van der Waals surface area (Å²) in [4.78, 5) is 23.8. The largest absolute Gasteiger partial charge is 0.379 e. The van der Waals surface area contributed by atoms with Crippen LogP contribution in [0, 0.1) is 5.82 Å². The summed E-state index contributed by atoms with van der Waals surface area (Å²) < 4.78 is 18.7. The van der Waals surface area contributed by atoms with Crippen molar-refractivity contribution in [3.8, 4) is 0 Å². The third kappa shape index (κ3) is 4.87. The van der Waals surface area contributed by atoms with Gasteiger partial charge in [0, 0.05) is 51.2 Å². The van der Waals surface area contributed by atoms with E-state index in [4.69, 9.17) is 9.72 Å². The van der Waals surface area contributed by atoms with E-state index in [1.165, 1.54) is 12.1 Å². The van der Waals surface area contributed by atoms with Gasteiger partial charge in [0.15, 0.2) is 5.13 Å². The second-order valence-electron chi connectivity index (χ2n) is 7.18. The number of aromatic nitrogens is 1. The number of thiazole rings is 1. The molecule has 2 aromatic rings. The first kappa shape index (κ1) is 19.3. The van der Waals surface area contributed by atoms with Gasteiger partial charge in [-0.15, -0.1) is 11.3 Å². The van der Waals surface area contributed by atoms with Gasteiger partial charge >= 0.3 is 0 Å². The van der Waals surface area contributed by atoms with Gasteiger partial charge in [-0.3, -0.25) is 9.69 Å². The summed E-state index contributed by atoms with van der Waals surface area (Å²) in [5, 5.41) is 3.16. The number of benzene rings is 1. The predicted molar refractivity (Wildman–Crippen MR) is 107 cm³/mol. The van der Waals surface area contributed by atoms with E-state index in [0.29, 0.717) is 13.1 Å². The van der Waals surface area contributed by atoms with Gasteiger partial charge < -0.3 is 14.5 Å². The molecule has 0 N–H and O–H groups in total. The Morgan fingerprint density at radius 1 is 1.14 bits per heavy atom. The molecule has 0 bridgehead atoms. The number of anilines is 1. The van der Waals surface area contributed by atoms with E-state index >= 15 is 0 Å². The van der Waals surface area contributed by atoms with Crippen molar-refractivity contribution in [3.63, 3.8) is 0 Å². The van der Waals surface area contributed by atoms with Crippen molar-refractivity contribution in [2.45, 2.75) is 13.0 Å². The Balaban J connectivity index is 1.27. The number of rotatable bonds is 5. The minimum absolute atomic E-state index is 0.0531. The molecular formula is C20H25FN4O2S. The monoisotopic (exact) mass is 404 g/mol. The van der Waals surface area contributed by atoms with Gasteiger partial charge in [0.05, 0.1) is 25.3 Å². The zero-order chi connectivity index (χ0) is 19.3. The van der Waals surface area contributed by atoms with Crippen LogP contribution < -0.4 is 4.90 Å². The number of halogens is 1. The third-order valence-electron chi connectivity index (χ3n) is 5.18. The van der Waals surface area contributed by atoms with E-state index in [2.05, 4.69) is 15.2 Å². The lowest BCUT2D eigenvalue weighted by atomic mass is 10.1. The van der Waals surface area contributed by atoms with Gasteiger partial charge in [-0.05, 0) is 17.7 Å². The molecule has 0 unspecified atom stereocenters. The van der Waals surface area contributed by atoms with Gasteiger partial charge in [0.1, 0.15) is 5.82 Å². The Kier molecular flexibility index (Phi) is 6.19. The highest BCUT2D eigenvalue weighted by Gasteiger charge is 2.23. The molecule has 6 nitrogen and oxygen atoms in total. The fraction of sp³-hybridized carbons (Fsp3) is 0.500. The van der Waals surface area contributed by atoms with Crippen LogP contribution in [0.3, 0.4) is 0 Å². The summed E-state index contributed by atoms with van der Waals surface area (Å²) in [7, 11) is 0. The number of hydrogen-bond acceptors (Lipinski definition) is 6. The van der Waals surface area contributed by atoms with E-state index in [-0.39, 0.29) is 18.1 Å². The zero-order valence-electron chi connectivity index (χ0n) is 15.8. The molecule has 3 heterocycles. The molecule has 2 saturated heterocycles. The highest BCUT2D eigenvalue weighted by molar-refractivity contribution is 7.13. The molecule has 2 aliphatic heterocycles. The van der Waals surface area contributed by atoms with Crippen LogP contribution in [0.15, 0.2) is 29.6 Å². The van der Waals surface area contributed by atoms with E-state index in [1.54, 1.807) is 23.5 Å². The maximum atomic E-state index is 13.3. The first-order chi connectivity index (χ1) is 13.7. The summed E-state index contributed by atoms with van der Waals surface area (Å²) in [5.74, 6) is -0.246. The molecule has 0 saturated carbocycles. The van der Waals surface area contributed by atoms with Crippen LogP contribution >= 0.6 is 11.3 Å². The van der Waals surface area contributed by atoms with Crippen LogP contribution in [-0.2, 0) is 22.5 Å². The molecule has 2 fully saturated rings. The molecule has 2 aliphatic rings. The average Bonchev–Trinajstić information content (AvgIpc) is 3.17. The van der Waals surface area contributed by atoms with Gasteiger partial charge in [-0.25, -0.2) is 9.37 Å². The van der Waals surface area contributed by atoms with Crippen molar-refractivity contribution in [1.82, 2.24) is 14.8 Å². The highest BCUT2D eigenvalue weighted by Crippen LogP contribution is 2.23. The lowest BCUT2D eigenvalue weighted by molar-refractivity contribution is -0.130. The normalized spacial score (nSPS) is 18.5. The Labute approximate surface area is 168 Å². The van der Waals surface area contributed by atoms with Gasteiger partial charge in [0.2, 0.25) is 5.91 Å². The van der Waals surface area contributed by atoms with E-state index in [1.807, 2.05) is 4.90 Å². The van der Waals surface area contributed by atoms with E-state index in [0.717, 1.165) is 62.3 Å². The zero-order valence-corrected chi connectivity index (χ0v) is 16.7. The predicted octanol–water partition coefficient (Wildman–Crippen LogP) is 2.01. The van der Waals surface area contributed by atoms with Crippen LogP contribution in [0.5, 0.6) is 0 Å². The fourth-order valence-corrected chi connectivity index (χ4v) is 4.45. The number of amides is 1. The lowest BCUT2D eigenvalue weighted by Crippen LogP contribution is -2.49. The standard InChI is InChI=1S/C20H25FN4O2S/c21-17-3-1-2-16(12-17)13-19(26)24-4-6-25(7-5-24)20-22-18(15-28-20)14-23-8-10-27-11-9-23/h1-3,12,15H,4-11,13-14H2. The molecule has 1 aromatic heterocycles. The number of carbonyl (C=O) groups excluding carboxylic acids is 1. The van der Waals surface area contributed by atoms with Crippen LogP contribution in [0.25, 0.3) is 0 Å². The molecule has 8 heteroatoms. The number of piperazine rings is 1. The topological polar surface area (TPSA) is 48.9 Å². The molecule has 1 aromatic carbocycles. The smallest absolute Gasteiger partial charge is 0.227 e. The van der Waals surface area contributed by atoms with Gasteiger partial charge in [0.25, 0.3) is 0 Å². The van der Waals surface area contributed by atoms with Crippen molar-refractivity contribution in [2.75, 3.05) is 57.4 Å². The summed E-state index contributed by atoms with van der Waals surface area (Å²) >= 11 is 1.67.